The average Bonchev–Trinajstić information content (AvgIpc) is 2.67. The largest absolute Gasteiger partial charge is 0.489 e. The summed E-state index contributed by atoms with van der Waals surface area (Å²) in [5, 5.41) is 10.6. The molecule has 3 heteroatoms. The molecule has 0 saturated heterocycles. The second kappa shape index (κ2) is 8.47. The molecule has 0 bridgehead atoms. The Morgan fingerprint density at radius 1 is 0.760 bits per heavy atom. The highest BCUT2D eigenvalue weighted by atomic mass is 16.5. The Morgan fingerprint density at radius 2 is 1.32 bits per heavy atom. The van der Waals surface area contributed by atoms with E-state index in [0.717, 1.165) is 16.7 Å². The van der Waals surface area contributed by atoms with Crippen molar-refractivity contribution in [3.05, 3.63) is 102 Å². The molecule has 3 N–H and O–H groups in total. The third-order valence-corrected chi connectivity index (χ3v) is 4.22. The van der Waals surface area contributed by atoms with E-state index in [0.29, 0.717) is 18.8 Å². The molecule has 0 fully saturated rings. The highest BCUT2D eigenvalue weighted by Crippen LogP contribution is 2.27. The molecule has 0 aromatic heterocycles. The molecule has 2 atom stereocenters. The Hall–Kier alpha value is -2.62. The second-order valence-electron chi connectivity index (χ2n) is 6.09. The van der Waals surface area contributed by atoms with E-state index < -0.39 is 12.1 Å². The smallest absolute Gasteiger partial charge is 0.124 e. The minimum atomic E-state index is -0.677. The highest BCUT2D eigenvalue weighted by molar-refractivity contribution is 5.37. The number of nitrogens with two attached hydrogens (primary N) is 1. The van der Waals surface area contributed by atoms with Crippen LogP contribution < -0.4 is 10.5 Å². The van der Waals surface area contributed by atoms with E-state index in [1.54, 1.807) is 0 Å². The number of ether oxygens (including phenoxy) is 1. The predicted molar refractivity (Wildman–Crippen MR) is 100 cm³/mol. The van der Waals surface area contributed by atoms with Crippen molar-refractivity contribution in [2.45, 2.75) is 25.2 Å². The van der Waals surface area contributed by atoms with Crippen molar-refractivity contribution in [3.63, 3.8) is 0 Å². The molecule has 25 heavy (non-hydrogen) atoms. The molecule has 3 rings (SSSR count). The van der Waals surface area contributed by atoms with Gasteiger partial charge in [-0.1, -0.05) is 78.9 Å². The summed E-state index contributed by atoms with van der Waals surface area (Å²) in [5.41, 5.74) is 9.30. The second-order valence-corrected chi connectivity index (χ2v) is 6.09. The molecule has 0 unspecified atom stereocenters. The zero-order chi connectivity index (χ0) is 17.5. The van der Waals surface area contributed by atoms with Gasteiger partial charge < -0.3 is 15.6 Å². The summed E-state index contributed by atoms with van der Waals surface area (Å²) in [5.74, 6) is 0.714. The van der Waals surface area contributed by atoms with Gasteiger partial charge in [0.1, 0.15) is 12.4 Å². The third-order valence-electron chi connectivity index (χ3n) is 4.22. The Kier molecular flexibility index (Phi) is 5.83. The van der Waals surface area contributed by atoms with Crippen LogP contribution in [-0.2, 0) is 13.0 Å². The maximum atomic E-state index is 10.6. The van der Waals surface area contributed by atoms with Crippen molar-refractivity contribution < 1.29 is 9.84 Å². The van der Waals surface area contributed by atoms with Gasteiger partial charge in [-0.05, 0) is 17.2 Å². The molecular weight excluding hydrogens is 310 g/mol. The highest BCUT2D eigenvalue weighted by Gasteiger charge is 2.20. The van der Waals surface area contributed by atoms with Gasteiger partial charge in [0.2, 0.25) is 0 Å². The van der Waals surface area contributed by atoms with Crippen molar-refractivity contribution in [1.82, 2.24) is 0 Å². The molecule has 3 aromatic carbocycles. The van der Waals surface area contributed by atoms with E-state index in [1.165, 1.54) is 0 Å². The molecule has 0 spiro atoms. The minimum Gasteiger partial charge on any atom is -0.489 e. The van der Waals surface area contributed by atoms with Crippen LogP contribution in [0.4, 0.5) is 0 Å². The van der Waals surface area contributed by atoms with Gasteiger partial charge in [-0.25, -0.2) is 0 Å². The molecule has 0 aliphatic rings. The zero-order valence-electron chi connectivity index (χ0n) is 14.1. The summed E-state index contributed by atoms with van der Waals surface area (Å²) in [6.45, 7) is 0.472. The lowest BCUT2D eigenvalue weighted by atomic mass is 9.96. The normalized spacial score (nSPS) is 13.2. The van der Waals surface area contributed by atoms with Crippen LogP contribution in [0.1, 0.15) is 22.7 Å². The van der Waals surface area contributed by atoms with E-state index in [-0.39, 0.29) is 0 Å². The molecule has 0 saturated carbocycles. The van der Waals surface area contributed by atoms with Gasteiger partial charge in [0.15, 0.2) is 0 Å². The first-order valence-corrected chi connectivity index (χ1v) is 8.47. The van der Waals surface area contributed by atoms with Gasteiger partial charge >= 0.3 is 0 Å². The van der Waals surface area contributed by atoms with Crippen LogP contribution >= 0.6 is 0 Å². The van der Waals surface area contributed by atoms with Crippen molar-refractivity contribution in [1.29, 1.82) is 0 Å². The molecule has 0 heterocycles. The fourth-order valence-corrected chi connectivity index (χ4v) is 2.81. The summed E-state index contributed by atoms with van der Waals surface area (Å²) in [4.78, 5) is 0. The fourth-order valence-electron chi connectivity index (χ4n) is 2.81. The summed E-state index contributed by atoms with van der Waals surface area (Å²) < 4.78 is 5.95. The fraction of sp³-hybridized carbons (Fsp3) is 0.182. The zero-order valence-corrected chi connectivity index (χ0v) is 14.1. The lowest BCUT2D eigenvalue weighted by Crippen LogP contribution is -2.28. The van der Waals surface area contributed by atoms with Crippen molar-refractivity contribution >= 4 is 0 Å². The number of benzene rings is 3. The summed E-state index contributed by atoms with van der Waals surface area (Å²) in [6.07, 6.45) is -0.168. The predicted octanol–water partition coefficient (Wildman–Crippen LogP) is 3.87. The lowest BCUT2D eigenvalue weighted by molar-refractivity contribution is 0.143. The quantitative estimate of drug-likeness (QED) is 0.690. The first kappa shape index (κ1) is 17.2. The van der Waals surface area contributed by atoms with Crippen LogP contribution in [0.3, 0.4) is 0 Å². The Balaban J connectivity index is 1.70. The standard InChI is InChI=1S/C22H23NO2/c23-22(20(24)15-17-9-3-1-4-10-17)19-13-7-8-14-21(19)25-16-18-11-5-2-6-12-18/h1-14,20,22,24H,15-16,23H2/t20-,22+/m1/s1. The van der Waals surface area contributed by atoms with Crippen molar-refractivity contribution in [3.8, 4) is 5.75 Å². The van der Waals surface area contributed by atoms with Gasteiger partial charge in [-0.2, -0.15) is 0 Å². The third kappa shape index (κ3) is 4.69. The van der Waals surface area contributed by atoms with Crippen LogP contribution in [0.5, 0.6) is 5.75 Å². The molecule has 0 aliphatic heterocycles. The molecule has 3 aromatic rings. The van der Waals surface area contributed by atoms with Gasteiger partial charge in [-0.15, -0.1) is 0 Å². The van der Waals surface area contributed by atoms with E-state index in [2.05, 4.69) is 0 Å². The van der Waals surface area contributed by atoms with Crippen LogP contribution in [0.2, 0.25) is 0 Å². The van der Waals surface area contributed by atoms with Crippen LogP contribution in [0.15, 0.2) is 84.9 Å². The summed E-state index contributed by atoms with van der Waals surface area (Å²) in [6, 6.07) is 27.0. The van der Waals surface area contributed by atoms with Crippen molar-refractivity contribution in [2.24, 2.45) is 5.73 Å². The van der Waals surface area contributed by atoms with Crippen molar-refractivity contribution in [2.75, 3.05) is 0 Å². The van der Waals surface area contributed by atoms with Crippen LogP contribution in [0, 0.1) is 0 Å². The van der Waals surface area contributed by atoms with Gasteiger partial charge in [-0.3, -0.25) is 0 Å². The average molecular weight is 333 g/mol. The van der Waals surface area contributed by atoms with Gasteiger partial charge in [0.25, 0.3) is 0 Å². The number of hydrogen-bond acceptors (Lipinski definition) is 3. The SMILES string of the molecule is N[C@@H](c1ccccc1OCc1ccccc1)[C@H](O)Cc1ccccc1. The first-order valence-electron chi connectivity index (χ1n) is 8.47. The van der Waals surface area contributed by atoms with Crippen LogP contribution in [-0.4, -0.2) is 11.2 Å². The van der Waals surface area contributed by atoms with E-state index in [9.17, 15) is 5.11 Å². The van der Waals surface area contributed by atoms with E-state index in [4.69, 9.17) is 10.5 Å². The molecule has 0 aliphatic carbocycles. The van der Waals surface area contributed by atoms with Crippen LogP contribution in [0.25, 0.3) is 0 Å². The topological polar surface area (TPSA) is 55.5 Å². The monoisotopic (exact) mass is 333 g/mol. The molecular formula is C22H23NO2. The number of aliphatic hydroxyl groups is 1. The number of rotatable bonds is 7. The van der Waals surface area contributed by atoms with Gasteiger partial charge in [0, 0.05) is 12.0 Å². The molecule has 128 valence electrons. The molecule has 3 nitrogen and oxygen atoms in total. The summed E-state index contributed by atoms with van der Waals surface area (Å²) in [7, 11) is 0. The van der Waals surface area contributed by atoms with Gasteiger partial charge in [0.05, 0.1) is 12.1 Å². The first-order chi connectivity index (χ1) is 12.2. The number of hydrogen-bond donors (Lipinski definition) is 2. The Bertz CT molecular complexity index is 774. The summed E-state index contributed by atoms with van der Waals surface area (Å²) >= 11 is 0. The maximum Gasteiger partial charge on any atom is 0.124 e. The van der Waals surface area contributed by atoms with E-state index in [1.807, 2.05) is 84.9 Å². The number of aliphatic hydroxyl groups excluding tert-OH is 1. The Morgan fingerprint density at radius 3 is 2.00 bits per heavy atom. The number of para-hydroxylation sites is 1. The lowest BCUT2D eigenvalue weighted by Gasteiger charge is -2.22. The maximum absolute atomic E-state index is 10.6. The Labute approximate surface area is 148 Å². The minimum absolute atomic E-state index is 0.472. The molecule has 0 amide bonds. The van der Waals surface area contributed by atoms with E-state index >= 15 is 0 Å². The molecule has 0 radical (unpaired) electrons.